The molecule has 1 heteroatoms. The summed E-state index contributed by atoms with van der Waals surface area (Å²) in [7, 11) is 0. The van der Waals surface area contributed by atoms with Crippen LogP contribution in [0.2, 0.25) is 0 Å². The summed E-state index contributed by atoms with van der Waals surface area (Å²) in [6.45, 7) is 4.51. The molecule has 1 fully saturated rings. The van der Waals surface area contributed by atoms with Gasteiger partial charge in [-0.3, -0.25) is 0 Å². The molecule has 2 aliphatic rings. The Labute approximate surface area is 110 Å². The van der Waals surface area contributed by atoms with Crippen LogP contribution in [0.3, 0.4) is 0 Å². The molecule has 3 rings (SSSR count). The van der Waals surface area contributed by atoms with Gasteiger partial charge < -0.3 is 5.32 Å². The first-order valence-electron chi connectivity index (χ1n) is 7.27. The van der Waals surface area contributed by atoms with E-state index in [1.54, 1.807) is 5.57 Å². The lowest BCUT2D eigenvalue weighted by atomic mass is 9.81. The summed E-state index contributed by atoms with van der Waals surface area (Å²) >= 11 is 0. The maximum Gasteiger partial charge on any atom is 0.0353 e. The van der Waals surface area contributed by atoms with Crippen molar-refractivity contribution in [3.8, 4) is 0 Å². The van der Waals surface area contributed by atoms with Crippen molar-refractivity contribution in [2.45, 2.75) is 45.2 Å². The van der Waals surface area contributed by atoms with Crippen molar-refractivity contribution in [2.24, 2.45) is 11.8 Å². The van der Waals surface area contributed by atoms with E-state index in [2.05, 4.69) is 55.6 Å². The van der Waals surface area contributed by atoms with E-state index in [4.69, 9.17) is 0 Å². The largest absolute Gasteiger partial charge is 0.307 e. The average molecular weight is 241 g/mol. The van der Waals surface area contributed by atoms with E-state index in [1.807, 2.05) is 0 Å². The predicted molar refractivity (Wildman–Crippen MR) is 77.3 cm³/mol. The van der Waals surface area contributed by atoms with Crippen molar-refractivity contribution >= 4 is 5.57 Å². The fourth-order valence-corrected chi connectivity index (χ4v) is 3.61. The van der Waals surface area contributed by atoms with Crippen LogP contribution in [-0.2, 0) is 0 Å². The average Bonchev–Trinajstić information content (AvgIpc) is 2.77. The highest BCUT2D eigenvalue weighted by Crippen LogP contribution is 2.44. The molecular formula is C17H23N. The Morgan fingerprint density at radius 3 is 2.61 bits per heavy atom. The van der Waals surface area contributed by atoms with Gasteiger partial charge in [-0.05, 0) is 42.2 Å². The lowest BCUT2D eigenvalue weighted by Gasteiger charge is -2.33. The van der Waals surface area contributed by atoms with E-state index >= 15 is 0 Å². The van der Waals surface area contributed by atoms with E-state index in [0.717, 1.165) is 11.8 Å². The van der Waals surface area contributed by atoms with Gasteiger partial charge in [0.1, 0.15) is 0 Å². The molecule has 0 heterocycles. The number of benzene rings is 1. The minimum absolute atomic E-state index is 0.555. The van der Waals surface area contributed by atoms with Crippen LogP contribution in [0.5, 0.6) is 0 Å². The second-order valence-electron chi connectivity index (χ2n) is 6.12. The molecule has 1 N–H and O–H groups in total. The Morgan fingerprint density at radius 2 is 1.89 bits per heavy atom. The van der Waals surface area contributed by atoms with Crippen molar-refractivity contribution in [1.82, 2.24) is 5.32 Å². The molecule has 0 unspecified atom stereocenters. The van der Waals surface area contributed by atoms with E-state index < -0.39 is 0 Å². The third kappa shape index (κ3) is 2.24. The van der Waals surface area contributed by atoms with Crippen LogP contribution in [0.15, 0.2) is 36.4 Å². The van der Waals surface area contributed by atoms with Crippen LogP contribution >= 0.6 is 0 Å². The zero-order valence-electron chi connectivity index (χ0n) is 11.4. The SMILES string of the molecule is CC(C)N[C@H]1C(c2ccccc2)=C[C@H]2CC[C@H]1C2. The number of hydrogen-bond acceptors (Lipinski definition) is 1. The summed E-state index contributed by atoms with van der Waals surface area (Å²) < 4.78 is 0. The van der Waals surface area contributed by atoms with Gasteiger partial charge in [0, 0.05) is 12.1 Å². The molecule has 0 radical (unpaired) electrons. The standard InChI is InChI=1S/C17H23N/c1-12(2)18-17-15-9-8-13(10-15)11-16(17)14-6-4-3-5-7-14/h3-7,11-13,15,17-18H,8-10H2,1-2H3/t13-,15-,17+/m0/s1. The van der Waals surface area contributed by atoms with E-state index in [0.29, 0.717) is 12.1 Å². The molecule has 1 aromatic carbocycles. The highest BCUT2D eigenvalue weighted by Gasteiger charge is 2.37. The zero-order valence-corrected chi connectivity index (χ0v) is 11.4. The smallest absolute Gasteiger partial charge is 0.0353 e. The Morgan fingerprint density at radius 1 is 1.11 bits per heavy atom. The van der Waals surface area contributed by atoms with Gasteiger partial charge in [0.05, 0.1) is 0 Å². The van der Waals surface area contributed by atoms with Crippen molar-refractivity contribution in [3.05, 3.63) is 42.0 Å². The lowest BCUT2D eigenvalue weighted by Crippen LogP contribution is -2.41. The van der Waals surface area contributed by atoms with Gasteiger partial charge in [0.2, 0.25) is 0 Å². The highest BCUT2D eigenvalue weighted by molar-refractivity contribution is 5.71. The summed E-state index contributed by atoms with van der Waals surface area (Å²) in [6.07, 6.45) is 6.71. The minimum Gasteiger partial charge on any atom is -0.307 e. The third-order valence-corrected chi connectivity index (χ3v) is 4.36. The summed E-state index contributed by atoms with van der Waals surface area (Å²) in [5, 5.41) is 3.79. The first kappa shape index (κ1) is 12.0. The summed E-state index contributed by atoms with van der Waals surface area (Å²) in [5.74, 6) is 1.67. The number of allylic oxidation sites excluding steroid dienone is 1. The number of fused-ring (bicyclic) bond motifs is 2. The fraction of sp³-hybridized carbons (Fsp3) is 0.529. The van der Waals surface area contributed by atoms with Gasteiger partial charge in [-0.15, -0.1) is 0 Å². The highest BCUT2D eigenvalue weighted by atomic mass is 15.0. The summed E-state index contributed by atoms with van der Waals surface area (Å²) in [4.78, 5) is 0. The van der Waals surface area contributed by atoms with Gasteiger partial charge in [0.15, 0.2) is 0 Å². The van der Waals surface area contributed by atoms with Crippen LogP contribution in [0.4, 0.5) is 0 Å². The zero-order chi connectivity index (χ0) is 12.5. The fourth-order valence-electron chi connectivity index (χ4n) is 3.61. The molecule has 18 heavy (non-hydrogen) atoms. The Bertz CT molecular complexity index is 432. The van der Waals surface area contributed by atoms with Crippen molar-refractivity contribution in [1.29, 1.82) is 0 Å². The molecule has 1 aromatic rings. The number of rotatable bonds is 3. The quantitative estimate of drug-likeness (QED) is 0.847. The van der Waals surface area contributed by atoms with Gasteiger partial charge in [-0.1, -0.05) is 50.3 Å². The molecule has 2 aliphatic carbocycles. The van der Waals surface area contributed by atoms with Crippen LogP contribution in [0, 0.1) is 11.8 Å². The molecule has 0 saturated heterocycles. The van der Waals surface area contributed by atoms with Gasteiger partial charge in [0.25, 0.3) is 0 Å². The van der Waals surface area contributed by atoms with E-state index in [-0.39, 0.29) is 0 Å². The minimum atomic E-state index is 0.555. The molecule has 0 aliphatic heterocycles. The molecule has 3 atom stereocenters. The molecule has 1 saturated carbocycles. The first-order chi connectivity index (χ1) is 8.74. The van der Waals surface area contributed by atoms with Crippen molar-refractivity contribution in [3.63, 3.8) is 0 Å². The van der Waals surface area contributed by atoms with Gasteiger partial charge in [-0.25, -0.2) is 0 Å². The Hall–Kier alpha value is -1.08. The van der Waals surface area contributed by atoms with E-state index in [9.17, 15) is 0 Å². The monoisotopic (exact) mass is 241 g/mol. The van der Waals surface area contributed by atoms with Gasteiger partial charge >= 0.3 is 0 Å². The topological polar surface area (TPSA) is 12.0 Å². The second-order valence-corrected chi connectivity index (χ2v) is 6.12. The van der Waals surface area contributed by atoms with Crippen LogP contribution < -0.4 is 5.32 Å². The van der Waals surface area contributed by atoms with Crippen molar-refractivity contribution < 1.29 is 0 Å². The second kappa shape index (κ2) is 4.89. The molecule has 2 bridgehead atoms. The Kier molecular flexibility index (Phi) is 3.25. The molecule has 0 amide bonds. The maximum absolute atomic E-state index is 3.79. The molecular weight excluding hydrogens is 218 g/mol. The maximum atomic E-state index is 3.79. The Balaban J connectivity index is 1.94. The molecule has 0 spiro atoms. The number of nitrogens with one attached hydrogen (secondary N) is 1. The molecule has 1 nitrogen and oxygen atoms in total. The lowest BCUT2D eigenvalue weighted by molar-refractivity contribution is 0.381. The summed E-state index contributed by atoms with van der Waals surface area (Å²) in [5.41, 5.74) is 2.95. The molecule has 0 aromatic heterocycles. The van der Waals surface area contributed by atoms with E-state index in [1.165, 1.54) is 24.8 Å². The third-order valence-electron chi connectivity index (χ3n) is 4.36. The van der Waals surface area contributed by atoms with Crippen LogP contribution in [-0.4, -0.2) is 12.1 Å². The van der Waals surface area contributed by atoms with Crippen LogP contribution in [0.25, 0.3) is 5.57 Å². The normalized spacial score (nSPS) is 30.6. The van der Waals surface area contributed by atoms with Crippen LogP contribution in [0.1, 0.15) is 38.7 Å². The van der Waals surface area contributed by atoms with Crippen molar-refractivity contribution in [2.75, 3.05) is 0 Å². The molecule has 96 valence electrons. The number of hydrogen-bond donors (Lipinski definition) is 1. The first-order valence-corrected chi connectivity index (χ1v) is 7.27. The van der Waals surface area contributed by atoms with Gasteiger partial charge in [-0.2, -0.15) is 0 Å². The summed E-state index contributed by atoms with van der Waals surface area (Å²) in [6, 6.07) is 12.0. The predicted octanol–water partition coefficient (Wildman–Crippen LogP) is 3.87.